The number of benzene rings is 2. The van der Waals surface area contributed by atoms with E-state index >= 15 is 0 Å². The molecular weight excluding hydrogens is 607 g/mol. The third-order valence-electron chi connectivity index (χ3n) is 4.99. The summed E-state index contributed by atoms with van der Waals surface area (Å²) < 4.78 is 0. The first-order valence-electron chi connectivity index (χ1n) is 11.1. The molecule has 14 nitrogen and oxygen atoms in total. The summed E-state index contributed by atoms with van der Waals surface area (Å²) >= 11 is 0. The van der Waals surface area contributed by atoms with Crippen LogP contribution in [0, 0.1) is 44.5 Å². The van der Waals surface area contributed by atoms with Crippen LogP contribution in [0.15, 0.2) is 24.3 Å². The zero-order chi connectivity index (χ0) is 27.1. The second kappa shape index (κ2) is 20.5. The van der Waals surface area contributed by atoms with E-state index in [9.17, 15) is 10.2 Å². The molecule has 0 saturated carbocycles. The summed E-state index contributed by atoms with van der Waals surface area (Å²) in [6.45, 7) is 9.19. The molecule has 4 N–H and O–H groups in total. The number of rotatable bonds is 0. The van der Waals surface area contributed by atoms with Gasteiger partial charge in [0.1, 0.15) is 0 Å². The molecule has 38 heavy (non-hydrogen) atoms. The first kappa shape index (κ1) is 37.7. The van der Waals surface area contributed by atoms with E-state index in [1.54, 1.807) is 0 Å². The van der Waals surface area contributed by atoms with Gasteiger partial charge in [-0.3, -0.25) is 0 Å². The standard InChI is InChI=1S/C22H32N4O2.2NO3.2Zn/c1-15-7-17-11-23-3-5-25-13-19-9-16(2)10-20(22(19)28)14-26-6-4-24-12-18(8-15)21(17)27;2*2-1(3)4;;/h7-10,23-28H,3-6,11-14H2,1-2H3;;;;/q;2*-1;2*+2/p-2. The fourth-order valence-electron chi connectivity index (χ4n) is 3.63. The van der Waals surface area contributed by atoms with Crippen LogP contribution >= 0.6 is 0 Å². The van der Waals surface area contributed by atoms with Crippen molar-refractivity contribution in [3.05, 3.63) is 88.3 Å². The SMILES string of the molecule is Cc1cc2c([O-])c(c1)CNCCNCc1cc(C)cc(c1[O-])CNCCNC2.O=[N+]([O-])[O-].O=[N+]([O-])[O-].[Zn+2].[Zn+2]. The van der Waals surface area contributed by atoms with E-state index in [2.05, 4.69) is 21.3 Å². The molecule has 0 atom stereocenters. The van der Waals surface area contributed by atoms with Gasteiger partial charge in [-0.2, -0.15) is 0 Å². The van der Waals surface area contributed by atoms with Gasteiger partial charge in [0, 0.05) is 52.4 Å². The molecule has 0 saturated heterocycles. The molecule has 0 aliphatic carbocycles. The van der Waals surface area contributed by atoms with E-state index in [1.165, 1.54) is 0 Å². The Morgan fingerprint density at radius 1 is 0.553 bits per heavy atom. The van der Waals surface area contributed by atoms with Gasteiger partial charge in [0.15, 0.2) is 0 Å². The maximum absolute atomic E-state index is 12.6. The van der Waals surface area contributed by atoms with Crippen LogP contribution in [0.2, 0.25) is 0 Å². The normalized spacial score (nSPS) is 13.7. The molecule has 0 amide bonds. The Bertz CT molecular complexity index is 870. The monoisotopic (exact) mass is 634 g/mol. The van der Waals surface area contributed by atoms with Gasteiger partial charge in [0.05, 0.1) is 10.2 Å². The first-order chi connectivity index (χ1) is 17.0. The van der Waals surface area contributed by atoms with E-state index in [-0.39, 0.29) is 50.5 Å². The summed E-state index contributed by atoms with van der Waals surface area (Å²) in [4.78, 5) is 16.5. The van der Waals surface area contributed by atoms with Gasteiger partial charge in [-0.1, -0.05) is 46.9 Å². The van der Waals surface area contributed by atoms with Crippen molar-refractivity contribution >= 4 is 0 Å². The Balaban J connectivity index is 0. The van der Waals surface area contributed by atoms with Crippen molar-refractivity contribution in [1.29, 1.82) is 0 Å². The van der Waals surface area contributed by atoms with E-state index in [1.807, 2.05) is 38.1 Å². The fourth-order valence-corrected chi connectivity index (χ4v) is 3.63. The van der Waals surface area contributed by atoms with Gasteiger partial charge in [-0.25, -0.2) is 0 Å². The number of hydrogen-bond donors (Lipinski definition) is 4. The Morgan fingerprint density at radius 2 is 0.737 bits per heavy atom. The average molecular weight is 637 g/mol. The van der Waals surface area contributed by atoms with E-state index < -0.39 is 10.2 Å². The fraction of sp³-hybridized carbons (Fsp3) is 0.455. The molecule has 0 fully saturated rings. The molecule has 0 spiro atoms. The van der Waals surface area contributed by atoms with E-state index in [4.69, 9.17) is 30.6 Å². The Kier molecular flexibility index (Phi) is 20.3. The molecule has 2 aromatic carbocycles. The zero-order valence-electron chi connectivity index (χ0n) is 21.5. The Morgan fingerprint density at radius 3 is 0.921 bits per heavy atom. The van der Waals surface area contributed by atoms with Gasteiger partial charge in [0.2, 0.25) is 0 Å². The van der Waals surface area contributed by atoms with Crippen molar-refractivity contribution in [3.63, 3.8) is 0 Å². The van der Waals surface area contributed by atoms with Crippen LogP contribution in [0.25, 0.3) is 0 Å². The van der Waals surface area contributed by atoms with Crippen molar-refractivity contribution < 1.29 is 59.3 Å². The van der Waals surface area contributed by atoms with Gasteiger partial charge < -0.3 is 62.1 Å². The van der Waals surface area contributed by atoms with Crippen LogP contribution in [-0.2, 0) is 65.1 Å². The molecule has 1 aliphatic heterocycles. The van der Waals surface area contributed by atoms with E-state index in [0.29, 0.717) is 26.2 Å². The van der Waals surface area contributed by atoms with Crippen LogP contribution in [0.3, 0.4) is 0 Å². The Hall–Kier alpha value is -2.47. The predicted molar refractivity (Wildman–Crippen MR) is 129 cm³/mol. The third kappa shape index (κ3) is 15.7. The molecule has 16 heteroatoms. The molecule has 200 valence electrons. The maximum atomic E-state index is 12.6. The quantitative estimate of drug-likeness (QED) is 0.171. The molecule has 2 aromatic rings. The minimum absolute atomic E-state index is 0. The second-order valence-corrected chi connectivity index (χ2v) is 7.98. The largest absolute Gasteiger partial charge is 2.00 e. The molecule has 0 unspecified atom stereocenters. The molecular formula is C22H30N6O8Zn2. The van der Waals surface area contributed by atoms with Gasteiger partial charge >= 0.3 is 39.0 Å². The van der Waals surface area contributed by atoms with Gasteiger partial charge in [-0.05, 0) is 36.1 Å². The van der Waals surface area contributed by atoms with Gasteiger partial charge in [-0.15, -0.1) is 0 Å². The summed E-state index contributed by atoms with van der Waals surface area (Å²) in [6, 6.07) is 7.85. The minimum atomic E-state index is -1.75. The topological polar surface area (TPSA) is 227 Å². The minimum Gasteiger partial charge on any atom is -0.872 e. The van der Waals surface area contributed by atoms with Crippen molar-refractivity contribution in [2.24, 2.45) is 0 Å². The first-order valence-corrected chi connectivity index (χ1v) is 11.1. The number of aryl methyl sites for hydroxylation is 2. The molecule has 1 aliphatic rings. The van der Waals surface area contributed by atoms with Crippen LogP contribution < -0.4 is 31.5 Å². The number of hydrogen-bond acceptors (Lipinski definition) is 12. The summed E-state index contributed by atoms with van der Waals surface area (Å²) in [5, 5.41) is 68.1. The molecule has 0 radical (unpaired) electrons. The number of nitrogens with one attached hydrogen (secondary N) is 4. The molecule has 0 aromatic heterocycles. The van der Waals surface area contributed by atoms with Crippen LogP contribution in [0.4, 0.5) is 0 Å². The van der Waals surface area contributed by atoms with Crippen molar-refractivity contribution in [1.82, 2.24) is 21.3 Å². The zero-order valence-corrected chi connectivity index (χ0v) is 27.5. The summed E-state index contributed by atoms with van der Waals surface area (Å²) in [6.07, 6.45) is 0. The van der Waals surface area contributed by atoms with Crippen LogP contribution in [0.1, 0.15) is 33.4 Å². The van der Waals surface area contributed by atoms with E-state index in [0.717, 1.165) is 59.6 Å². The van der Waals surface area contributed by atoms with Crippen molar-refractivity contribution in [2.75, 3.05) is 26.2 Å². The van der Waals surface area contributed by atoms with Gasteiger partial charge in [0.25, 0.3) is 0 Å². The summed E-state index contributed by atoms with van der Waals surface area (Å²) in [5.41, 5.74) is 5.44. The number of nitrogens with zero attached hydrogens (tertiary/aromatic N) is 2. The summed E-state index contributed by atoms with van der Waals surface area (Å²) in [5.74, 6) is 0.239. The number of fused-ring (bicyclic) bond motifs is 4. The Labute approximate surface area is 246 Å². The molecule has 1 heterocycles. The van der Waals surface area contributed by atoms with Crippen molar-refractivity contribution in [3.8, 4) is 11.5 Å². The maximum Gasteiger partial charge on any atom is 2.00 e. The van der Waals surface area contributed by atoms with Crippen LogP contribution in [-0.4, -0.2) is 36.4 Å². The molecule has 4 bridgehead atoms. The molecule has 3 rings (SSSR count). The average Bonchev–Trinajstić information content (AvgIpc) is 2.76. The van der Waals surface area contributed by atoms with Crippen molar-refractivity contribution in [2.45, 2.75) is 40.0 Å². The smallest absolute Gasteiger partial charge is 0.872 e. The van der Waals surface area contributed by atoms with Crippen LogP contribution in [0.5, 0.6) is 11.5 Å². The predicted octanol–water partition coefficient (Wildman–Crippen LogP) is 0.0396. The second-order valence-electron chi connectivity index (χ2n) is 7.98. The summed E-state index contributed by atoms with van der Waals surface area (Å²) in [7, 11) is 0. The third-order valence-corrected chi connectivity index (χ3v) is 4.99.